The van der Waals surface area contributed by atoms with Crippen LogP contribution in [-0.4, -0.2) is 30.2 Å². The molecule has 0 spiro atoms. The molecule has 2 aromatic rings. The lowest BCUT2D eigenvalue weighted by Crippen LogP contribution is -2.32. The zero-order valence-corrected chi connectivity index (χ0v) is 20.4. The van der Waals surface area contributed by atoms with Gasteiger partial charge in [-0.3, -0.25) is 4.79 Å². The Bertz CT molecular complexity index is 1040. The Hall–Kier alpha value is -2.87. The van der Waals surface area contributed by atoms with Gasteiger partial charge in [-0.15, -0.1) is 0 Å². The Kier molecular flexibility index (Phi) is 8.02. The molecular weight excluding hydrogens is 464 g/mol. The Balaban J connectivity index is 1.93. The summed E-state index contributed by atoms with van der Waals surface area (Å²) < 4.78 is 28.3. The van der Waals surface area contributed by atoms with Gasteiger partial charge in [0.05, 0.1) is 17.3 Å². The number of rotatable bonds is 9. The first-order valence-electron chi connectivity index (χ1n) is 11.3. The molecule has 0 heterocycles. The summed E-state index contributed by atoms with van der Waals surface area (Å²) >= 11 is 5.66. The molecule has 0 bridgehead atoms. The monoisotopic (exact) mass is 493 g/mol. The van der Waals surface area contributed by atoms with E-state index in [4.69, 9.17) is 11.6 Å². The molecule has 2 atom stereocenters. The third-order valence-electron chi connectivity index (χ3n) is 5.56. The number of amides is 2. The summed E-state index contributed by atoms with van der Waals surface area (Å²) in [5.74, 6) is -2.72. The molecule has 0 saturated heterocycles. The molecule has 2 amide bonds. The van der Waals surface area contributed by atoms with E-state index in [1.807, 2.05) is 12.1 Å². The summed E-state index contributed by atoms with van der Waals surface area (Å²) in [5, 5.41) is 14.1. The molecule has 0 radical (unpaired) electrons. The summed E-state index contributed by atoms with van der Waals surface area (Å²) in [6.45, 7) is 9.83. The third kappa shape index (κ3) is 6.38. The maximum atomic E-state index is 14.2. The number of hydrogen-bond donors (Lipinski definition) is 3. The van der Waals surface area contributed by atoms with Crippen molar-refractivity contribution in [3.8, 4) is 0 Å². The van der Waals surface area contributed by atoms with E-state index >= 15 is 0 Å². The quantitative estimate of drug-likeness (QED) is 0.369. The Morgan fingerprint density at radius 1 is 1.06 bits per heavy atom. The highest BCUT2D eigenvalue weighted by atomic mass is 35.5. The van der Waals surface area contributed by atoms with E-state index < -0.39 is 35.2 Å². The third-order valence-corrected chi connectivity index (χ3v) is 5.78. The van der Waals surface area contributed by atoms with Crippen molar-refractivity contribution in [1.29, 1.82) is 0 Å². The maximum absolute atomic E-state index is 14.2. The summed E-state index contributed by atoms with van der Waals surface area (Å²) in [4.78, 5) is 26.3. The highest BCUT2D eigenvalue weighted by Gasteiger charge is 2.44. The van der Waals surface area contributed by atoms with Crippen molar-refractivity contribution >= 4 is 40.7 Å². The van der Waals surface area contributed by atoms with Crippen molar-refractivity contribution in [2.75, 3.05) is 28.6 Å². The van der Waals surface area contributed by atoms with Crippen molar-refractivity contribution in [3.63, 3.8) is 0 Å². The van der Waals surface area contributed by atoms with Crippen molar-refractivity contribution in [3.05, 3.63) is 52.6 Å². The number of carbonyl (C=O) groups excluding carboxylic acids is 1. The second kappa shape index (κ2) is 10.6. The Morgan fingerprint density at radius 2 is 1.65 bits per heavy atom. The smallest absolute Gasteiger partial charge is 0.323 e. The minimum atomic E-state index is -0.988. The highest BCUT2D eigenvalue weighted by molar-refractivity contribution is 6.30. The molecule has 0 aromatic heterocycles. The van der Waals surface area contributed by atoms with E-state index in [0.717, 1.165) is 36.5 Å². The molecule has 6 nitrogen and oxygen atoms in total. The van der Waals surface area contributed by atoms with Crippen LogP contribution in [0.4, 0.5) is 30.6 Å². The average Bonchev–Trinajstić information content (AvgIpc) is 3.51. The number of carboxylic acids is 1. The summed E-state index contributed by atoms with van der Waals surface area (Å²) in [6, 6.07) is 6.52. The normalized spacial score (nSPS) is 17.1. The number of benzene rings is 2. The average molecular weight is 494 g/mol. The van der Waals surface area contributed by atoms with E-state index in [2.05, 4.69) is 43.2 Å². The van der Waals surface area contributed by atoms with Crippen LogP contribution in [0.5, 0.6) is 0 Å². The Labute approximate surface area is 203 Å². The molecule has 3 rings (SSSR count). The number of carbonyl (C=O) groups is 2. The van der Waals surface area contributed by atoms with E-state index in [0.29, 0.717) is 23.9 Å². The zero-order chi connectivity index (χ0) is 25.2. The van der Waals surface area contributed by atoms with Crippen LogP contribution >= 0.6 is 11.6 Å². The molecule has 3 N–H and O–H groups in total. The number of aliphatic carboxylic acids is 1. The number of halogens is 3. The molecule has 1 fully saturated rings. The zero-order valence-electron chi connectivity index (χ0n) is 19.7. The predicted octanol–water partition coefficient (Wildman–Crippen LogP) is 6.57. The van der Waals surface area contributed by atoms with Gasteiger partial charge < -0.3 is 20.6 Å². The number of anilines is 3. The van der Waals surface area contributed by atoms with Crippen LogP contribution in [0, 0.1) is 29.4 Å². The number of nitrogens with one attached hydrogen (secondary N) is 2. The van der Waals surface area contributed by atoms with Crippen LogP contribution in [-0.2, 0) is 4.79 Å². The lowest BCUT2D eigenvalue weighted by Gasteiger charge is -2.30. The molecule has 0 unspecified atom stereocenters. The first kappa shape index (κ1) is 25.7. The van der Waals surface area contributed by atoms with Crippen LogP contribution < -0.4 is 15.5 Å². The molecule has 184 valence electrons. The van der Waals surface area contributed by atoms with Gasteiger partial charge in [0.1, 0.15) is 5.69 Å². The molecule has 1 aliphatic rings. The van der Waals surface area contributed by atoms with Gasteiger partial charge in [0, 0.05) is 18.1 Å². The molecule has 0 aliphatic heterocycles. The highest BCUT2D eigenvalue weighted by Crippen LogP contribution is 2.49. The number of urea groups is 1. The fourth-order valence-electron chi connectivity index (χ4n) is 4.08. The largest absolute Gasteiger partial charge is 0.481 e. The van der Waals surface area contributed by atoms with Gasteiger partial charge >= 0.3 is 12.0 Å². The summed E-state index contributed by atoms with van der Waals surface area (Å²) in [6.07, 6.45) is 0.531. The van der Waals surface area contributed by atoms with Gasteiger partial charge in [0.15, 0.2) is 11.6 Å². The van der Waals surface area contributed by atoms with Gasteiger partial charge in [0.2, 0.25) is 0 Å². The second-order valence-electron chi connectivity index (χ2n) is 9.58. The van der Waals surface area contributed by atoms with Gasteiger partial charge in [-0.05, 0) is 54.0 Å². The number of hydrogen-bond acceptors (Lipinski definition) is 3. The topological polar surface area (TPSA) is 81.7 Å². The van der Waals surface area contributed by atoms with Crippen LogP contribution in [0.1, 0.15) is 45.6 Å². The molecule has 2 aromatic carbocycles. The molecular formula is C25H30ClF2N3O3. The maximum Gasteiger partial charge on any atom is 0.323 e. The van der Waals surface area contributed by atoms with E-state index in [9.17, 15) is 23.5 Å². The standard InChI is InChI=1S/C25H30ClF2N3O3/c1-13(2)11-31(12-14(3)4)22-6-5-15(17-10-18(17)24(32)33)7-21(22)29-25(34)30-23-19(27)8-16(26)9-20(23)28/h5-9,13-14,17-18H,10-12H2,1-4H3,(H,32,33)(H2,29,30,34)/t17-,18-/m1/s1. The molecule has 34 heavy (non-hydrogen) atoms. The first-order chi connectivity index (χ1) is 16.0. The molecule has 9 heteroatoms. The van der Waals surface area contributed by atoms with Gasteiger partial charge in [-0.25, -0.2) is 13.6 Å². The molecule has 1 aliphatic carbocycles. The van der Waals surface area contributed by atoms with Crippen molar-refractivity contribution in [2.45, 2.75) is 40.0 Å². The first-order valence-corrected chi connectivity index (χ1v) is 11.7. The van der Waals surface area contributed by atoms with Crippen LogP contribution in [0.3, 0.4) is 0 Å². The van der Waals surface area contributed by atoms with Crippen molar-refractivity contribution < 1.29 is 23.5 Å². The van der Waals surface area contributed by atoms with Gasteiger partial charge in [-0.2, -0.15) is 0 Å². The lowest BCUT2D eigenvalue weighted by molar-refractivity contribution is -0.138. The number of carboxylic acid groups (broad SMARTS) is 1. The second-order valence-corrected chi connectivity index (χ2v) is 10.0. The minimum absolute atomic E-state index is 0.119. The predicted molar refractivity (Wildman–Crippen MR) is 131 cm³/mol. The van der Waals surface area contributed by atoms with Crippen LogP contribution in [0.15, 0.2) is 30.3 Å². The minimum Gasteiger partial charge on any atom is -0.481 e. The van der Waals surface area contributed by atoms with Gasteiger partial charge in [-0.1, -0.05) is 45.4 Å². The fourth-order valence-corrected chi connectivity index (χ4v) is 4.27. The molecule has 1 saturated carbocycles. The van der Waals surface area contributed by atoms with Gasteiger partial charge in [0.25, 0.3) is 0 Å². The SMILES string of the molecule is CC(C)CN(CC(C)C)c1ccc([C@H]2C[C@H]2C(=O)O)cc1NC(=O)Nc1c(F)cc(Cl)cc1F. The van der Waals surface area contributed by atoms with Crippen LogP contribution in [0.25, 0.3) is 0 Å². The lowest BCUT2D eigenvalue weighted by atomic mass is 10.0. The summed E-state index contributed by atoms with van der Waals surface area (Å²) in [7, 11) is 0. The number of nitrogens with zero attached hydrogens (tertiary/aromatic N) is 1. The van der Waals surface area contributed by atoms with Crippen molar-refractivity contribution in [1.82, 2.24) is 0 Å². The fraction of sp³-hybridized carbons (Fsp3) is 0.440. The van der Waals surface area contributed by atoms with E-state index in [1.54, 1.807) is 6.07 Å². The van der Waals surface area contributed by atoms with Crippen LogP contribution in [0.2, 0.25) is 5.02 Å². The Morgan fingerprint density at radius 3 is 2.15 bits per heavy atom. The summed E-state index contributed by atoms with van der Waals surface area (Å²) in [5.41, 5.74) is 1.39. The van der Waals surface area contributed by atoms with E-state index in [1.165, 1.54) is 0 Å². The van der Waals surface area contributed by atoms with E-state index in [-0.39, 0.29) is 10.9 Å². The van der Waals surface area contributed by atoms with Crippen molar-refractivity contribution in [2.24, 2.45) is 17.8 Å².